The summed E-state index contributed by atoms with van der Waals surface area (Å²) in [5.41, 5.74) is 2.32. The topological polar surface area (TPSA) is 44.5 Å². The fraction of sp³-hybridized carbons (Fsp3) is 0.125. The molecule has 1 atom stereocenters. The van der Waals surface area contributed by atoms with Gasteiger partial charge < -0.3 is 0 Å². The van der Waals surface area contributed by atoms with Crippen molar-refractivity contribution in [1.29, 1.82) is 0 Å². The number of rotatable bonds is 3. The Morgan fingerprint density at radius 2 is 1.86 bits per heavy atom. The van der Waals surface area contributed by atoms with Gasteiger partial charge in [0.15, 0.2) is 0 Å². The fourth-order valence-electron chi connectivity index (χ4n) is 2.30. The van der Waals surface area contributed by atoms with Gasteiger partial charge >= 0.3 is 0 Å². The lowest BCUT2D eigenvalue weighted by atomic mass is 9.96. The molecule has 1 unspecified atom stereocenters. The van der Waals surface area contributed by atoms with Crippen molar-refractivity contribution in [1.82, 2.24) is 15.2 Å². The van der Waals surface area contributed by atoms with E-state index in [2.05, 4.69) is 15.2 Å². The zero-order valence-corrected chi connectivity index (χ0v) is 12.2. The summed E-state index contributed by atoms with van der Waals surface area (Å²) in [5.74, 6) is 0.406. The average Bonchev–Trinajstić information content (AvgIpc) is 2.94. The van der Waals surface area contributed by atoms with E-state index in [-0.39, 0.29) is 11.7 Å². The number of hydrogen-bond acceptors (Lipinski definition) is 2. The first-order chi connectivity index (χ1) is 10.1. The first kappa shape index (κ1) is 13.7. The van der Waals surface area contributed by atoms with Crippen molar-refractivity contribution in [2.45, 2.75) is 12.8 Å². The van der Waals surface area contributed by atoms with Gasteiger partial charge in [-0.1, -0.05) is 49.4 Å². The van der Waals surface area contributed by atoms with E-state index in [1.54, 1.807) is 12.1 Å². The molecule has 0 aliphatic rings. The van der Waals surface area contributed by atoms with Crippen molar-refractivity contribution in [3.05, 3.63) is 70.5 Å². The summed E-state index contributed by atoms with van der Waals surface area (Å²) < 4.78 is 14.8. The Morgan fingerprint density at radius 1 is 1.10 bits per heavy atom. The second-order valence-corrected chi connectivity index (χ2v) is 5.27. The maximum atomic E-state index is 14.4. The molecule has 0 saturated carbocycles. The third-order valence-corrected chi connectivity index (χ3v) is 3.70. The van der Waals surface area contributed by atoms with Crippen LogP contribution in [0.5, 0.6) is 0 Å². The number of aromatic nitrogens is 3. The predicted octanol–water partition coefficient (Wildman–Crippen LogP) is 4.43. The normalized spacial score (nSPS) is 12.3. The summed E-state index contributed by atoms with van der Waals surface area (Å²) in [7, 11) is 0. The quantitative estimate of drug-likeness (QED) is 0.703. The summed E-state index contributed by atoms with van der Waals surface area (Å²) in [4.78, 5) is 4.18. The number of benzene rings is 2. The van der Waals surface area contributed by atoms with Gasteiger partial charge in [-0.2, -0.15) is 0 Å². The third kappa shape index (κ3) is 2.78. The van der Waals surface area contributed by atoms with Crippen LogP contribution in [0.1, 0.15) is 24.2 Å². The average molecular weight is 299 g/mol. The lowest BCUT2D eigenvalue weighted by Crippen LogP contribution is -2.00. The summed E-state index contributed by atoms with van der Waals surface area (Å²) in [6, 6.07) is 14.8. The first-order valence-corrected chi connectivity index (χ1v) is 7.05. The Hall–Kier alpha value is -2.27. The van der Waals surface area contributed by atoms with Crippen LogP contribution in [0.4, 0.5) is 4.39 Å². The van der Waals surface area contributed by atoms with E-state index in [9.17, 15) is 4.39 Å². The van der Waals surface area contributed by atoms with Crippen LogP contribution in [0.2, 0.25) is 0 Å². The van der Waals surface area contributed by atoms with Crippen LogP contribution in [0.25, 0.3) is 11.1 Å². The maximum absolute atomic E-state index is 14.4. The van der Waals surface area contributed by atoms with Crippen molar-refractivity contribution >= 4 is 12.2 Å². The Morgan fingerprint density at radius 3 is 2.48 bits per heavy atom. The van der Waals surface area contributed by atoms with Gasteiger partial charge in [0.25, 0.3) is 0 Å². The van der Waals surface area contributed by atoms with Gasteiger partial charge in [0.1, 0.15) is 11.6 Å². The van der Waals surface area contributed by atoms with E-state index in [0.717, 1.165) is 11.1 Å². The third-order valence-electron chi connectivity index (χ3n) is 3.51. The zero-order valence-electron chi connectivity index (χ0n) is 11.4. The molecule has 5 heteroatoms. The van der Waals surface area contributed by atoms with E-state index < -0.39 is 0 Å². The molecule has 0 amide bonds. The molecule has 3 aromatic rings. The van der Waals surface area contributed by atoms with Crippen LogP contribution in [0.15, 0.2) is 48.5 Å². The smallest absolute Gasteiger partial charge is 0.213 e. The van der Waals surface area contributed by atoms with Crippen LogP contribution in [-0.2, 0) is 0 Å². The van der Waals surface area contributed by atoms with Crippen LogP contribution >= 0.6 is 12.2 Å². The van der Waals surface area contributed by atoms with E-state index in [0.29, 0.717) is 16.2 Å². The summed E-state index contributed by atoms with van der Waals surface area (Å²) in [6.45, 7) is 1.96. The molecular weight excluding hydrogens is 285 g/mol. The molecule has 2 N–H and O–H groups in total. The maximum Gasteiger partial charge on any atom is 0.213 e. The summed E-state index contributed by atoms with van der Waals surface area (Å²) >= 11 is 4.94. The van der Waals surface area contributed by atoms with Crippen molar-refractivity contribution < 1.29 is 4.39 Å². The van der Waals surface area contributed by atoms with Crippen LogP contribution < -0.4 is 0 Å². The van der Waals surface area contributed by atoms with Crippen molar-refractivity contribution in [3.8, 4) is 11.1 Å². The number of halogens is 1. The molecule has 0 spiro atoms. The number of hydrogen-bond donors (Lipinski definition) is 2. The Bertz CT molecular complexity index is 808. The molecule has 1 heterocycles. The molecule has 106 valence electrons. The van der Waals surface area contributed by atoms with Crippen LogP contribution in [0.3, 0.4) is 0 Å². The van der Waals surface area contributed by atoms with Crippen molar-refractivity contribution in [2.75, 3.05) is 0 Å². The SMILES string of the molecule is CC(c1ccc(-c2ccccc2)c(F)c1)c1nc(=S)[nH][nH]1. The molecule has 0 bridgehead atoms. The largest absolute Gasteiger partial charge is 0.285 e. The lowest BCUT2D eigenvalue weighted by Gasteiger charge is -2.11. The van der Waals surface area contributed by atoms with Gasteiger partial charge in [0.05, 0.1) is 0 Å². The molecule has 3 nitrogen and oxygen atoms in total. The number of aromatic amines is 2. The highest BCUT2D eigenvalue weighted by molar-refractivity contribution is 7.71. The molecule has 0 saturated heterocycles. The number of nitrogens with one attached hydrogen (secondary N) is 2. The van der Waals surface area contributed by atoms with Crippen LogP contribution in [0, 0.1) is 10.6 Å². The van der Waals surface area contributed by atoms with Crippen LogP contribution in [-0.4, -0.2) is 15.2 Å². The van der Waals surface area contributed by atoms with E-state index in [1.807, 2.05) is 43.3 Å². The molecule has 1 aromatic heterocycles. The van der Waals surface area contributed by atoms with Crippen molar-refractivity contribution in [3.63, 3.8) is 0 Å². The Kier molecular flexibility index (Phi) is 3.66. The standard InChI is InChI=1S/C16H14FN3S/c1-10(15-18-16(21)20-19-15)12-7-8-13(14(17)9-12)11-5-3-2-4-6-11/h2-10H,1H3,(H2,18,19,20,21). The van der Waals surface area contributed by atoms with Gasteiger partial charge in [-0.15, -0.1) is 0 Å². The van der Waals surface area contributed by atoms with E-state index >= 15 is 0 Å². The highest BCUT2D eigenvalue weighted by Gasteiger charge is 2.14. The molecule has 0 aliphatic heterocycles. The predicted molar refractivity (Wildman–Crippen MR) is 83.1 cm³/mol. The van der Waals surface area contributed by atoms with Gasteiger partial charge in [0.2, 0.25) is 4.77 Å². The lowest BCUT2D eigenvalue weighted by molar-refractivity contribution is 0.627. The zero-order chi connectivity index (χ0) is 14.8. The second kappa shape index (κ2) is 5.61. The minimum absolute atomic E-state index is 0.0581. The second-order valence-electron chi connectivity index (χ2n) is 4.88. The van der Waals surface area contributed by atoms with Gasteiger partial charge in [0, 0.05) is 11.5 Å². The molecule has 0 radical (unpaired) electrons. The highest BCUT2D eigenvalue weighted by Crippen LogP contribution is 2.27. The Balaban J connectivity index is 1.96. The Labute approximate surface area is 126 Å². The molecule has 3 rings (SSSR count). The minimum atomic E-state index is -0.236. The molecule has 0 fully saturated rings. The van der Waals surface area contributed by atoms with Crippen molar-refractivity contribution in [2.24, 2.45) is 0 Å². The molecule has 0 aliphatic carbocycles. The van der Waals surface area contributed by atoms with Gasteiger partial charge in [-0.05, 0) is 29.4 Å². The van der Waals surface area contributed by atoms with Gasteiger partial charge in [-0.25, -0.2) is 9.37 Å². The monoisotopic (exact) mass is 299 g/mol. The van der Waals surface area contributed by atoms with Gasteiger partial charge in [-0.3, -0.25) is 10.2 Å². The molecule has 21 heavy (non-hydrogen) atoms. The summed E-state index contributed by atoms with van der Waals surface area (Å²) in [6.07, 6.45) is 0. The molecule has 2 aromatic carbocycles. The minimum Gasteiger partial charge on any atom is -0.285 e. The van der Waals surface area contributed by atoms with E-state index in [1.165, 1.54) is 0 Å². The van der Waals surface area contributed by atoms with E-state index in [4.69, 9.17) is 12.2 Å². The number of H-pyrrole nitrogens is 2. The highest BCUT2D eigenvalue weighted by atomic mass is 32.1. The molecular formula is C16H14FN3S. The fourth-order valence-corrected chi connectivity index (χ4v) is 2.45. The number of nitrogens with zero attached hydrogens (tertiary/aromatic N) is 1. The first-order valence-electron chi connectivity index (χ1n) is 6.64. The summed E-state index contributed by atoms with van der Waals surface area (Å²) in [5, 5.41) is 5.66.